The van der Waals surface area contributed by atoms with Crippen LogP contribution in [-0.2, 0) is 14.3 Å². The van der Waals surface area contributed by atoms with Gasteiger partial charge in [-0.3, -0.25) is 9.69 Å². The lowest BCUT2D eigenvalue weighted by Crippen LogP contribution is -2.57. The van der Waals surface area contributed by atoms with Crippen molar-refractivity contribution in [1.29, 1.82) is 0 Å². The Hall–Kier alpha value is -1.52. The molecule has 88 valence electrons. The number of ether oxygens (including phenoxy) is 1. The number of carbonyl (C=O) groups is 2. The van der Waals surface area contributed by atoms with Gasteiger partial charge in [0.2, 0.25) is 5.91 Å². The third kappa shape index (κ3) is 1.24. The molecule has 16 heavy (non-hydrogen) atoms. The summed E-state index contributed by atoms with van der Waals surface area (Å²) in [6, 6.07) is 0. The van der Waals surface area contributed by atoms with Crippen molar-refractivity contribution >= 4 is 11.9 Å². The highest BCUT2D eigenvalue weighted by Crippen LogP contribution is 2.45. The van der Waals surface area contributed by atoms with E-state index in [1.807, 2.05) is 20.8 Å². The first kappa shape index (κ1) is 11.0. The van der Waals surface area contributed by atoms with Crippen LogP contribution in [0, 0.1) is 11.3 Å². The number of hydrogen-bond acceptors (Lipinski definition) is 3. The van der Waals surface area contributed by atoms with Gasteiger partial charge in [-0.05, 0) is 6.92 Å². The zero-order valence-electron chi connectivity index (χ0n) is 9.77. The van der Waals surface area contributed by atoms with Gasteiger partial charge in [0.25, 0.3) is 0 Å². The molecule has 0 saturated carbocycles. The maximum Gasteiger partial charge on any atom is 0.356 e. The highest BCUT2D eigenvalue weighted by molar-refractivity contribution is 5.98. The Balaban J connectivity index is 2.45. The maximum atomic E-state index is 11.6. The number of carboxylic acid groups (broad SMARTS) is 1. The molecular weight excluding hydrogens is 210 g/mol. The first-order valence-electron chi connectivity index (χ1n) is 5.23. The number of amides is 1. The molecule has 0 radical (unpaired) electrons. The molecule has 0 aromatic carbocycles. The van der Waals surface area contributed by atoms with E-state index in [9.17, 15) is 9.59 Å². The van der Waals surface area contributed by atoms with E-state index in [-0.39, 0.29) is 17.5 Å². The zero-order chi connectivity index (χ0) is 12.2. The van der Waals surface area contributed by atoms with Crippen LogP contribution >= 0.6 is 0 Å². The molecule has 2 unspecified atom stereocenters. The van der Waals surface area contributed by atoms with Crippen molar-refractivity contribution in [2.45, 2.75) is 33.9 Å². The van der Waals surface area contributed by atoms with Gasteiger partial charge >= 0.3 is 5.97 Å². The smallest absolute Gasteiger partial charge is 0.356 e. The summed E-state index contributed by atoms with van der Waals surface area (Å²) in [5.74, 6) is -1.15. The topological polar surface area (TPSA) is 66.8 Å². The van der Waals surface area contributed by atoms with Gasteiger partial charge in [0.1, 0.15) is 5.76 Å². The Morgan fingerprint density at radius 3 is 2.44 bits per heavy atom. The van der Waals surface area contributed by atoms with Crippen LogP contribution in [0.25, 0.3) is 0 Å². The van der Waals surface area contributed by atoms with E-state index in [1.165, 1.54) is 4.90 Å². The van der Waals surface area contributed by atoms with Crippen LogP contribution in [0.4, 0.5) is 0 Å². The lowest BCUT2D eigenvalue weighted by molar-refractivity contribution is -0.170. The molecule has 1 saturated heterocycles. The van der Waals surface area contributed by atoms with Gasteiger partial charge in [-0.25, -0.2) is 4.79 Å². The van der Waals surface area contributed by atoms with E-state index < -0.39 is 17.6 Å². The van der Waals surface area contributed by atoms with Crippen LogP contribution in [0.15, 0.2) is 11.5 Å². The van der Waals surface area contributed by atoms with Gasteiger partial charge in [-0.2, -0.15) is 0 Å². The van der Waals surface area contributed by atoms with Crippen LogP contribution < -0.4 is 0 Å². The second-order valence-electron chi connectivity index (χ2n) is 5.24. The average Bonchev–Trinajstić information content (AvgIpc) is 2.52. The Morgan fingerprint density at radius 1 is 1.44 bits per heavy atom. The molecule has 5 nitrogen and oxygen atoms in total. The number of carbonyl (C=O) groups excluding carboxylic acids is 1. The predicted octanol–water partition coefficient (Wildman–Crippen LogP) is 1.16. The highest BCUT2D eigenvalue weighted by atomic mass is 16.5. The molecule has 1 amide bonds. The van der Waals surface area contributed by atoms with E-state index >= 15 is 0 Å². The highest BCUT2D eigenvalue weighted by Gasteiger charge is 2.56. The molecule has 2 heterocycles. The number of carboxylic acids is 1. The molecule has 1 N–H and O–H groups in total. The minimum atomic E-state index is -1.10. The average molecular weight is 225 g/mol. The fourth-order valence-electron chi connectivity index (χ4n) is 2.02. The summed E-state index contributed by atoms with van der Waals surface area (Å²) < 4.78 is 5.59. The summed E-state index contributed by atoms with van der Waals surface area (Å²) in [4.78, 5) is 24.0. The second-order valence-corrected chi connectivity index (χ2v) is 5.24. The fraction of sp³-hybridized carbons (Fsp3) is 0.636. The van der Waals surface area contributed by atoms with E-state index in [0.717, 1.165) is 0 Å². The number of aliphatic carboxylic acids is 1. The summed E-state index contributed by atoms with van der Waals surface area (Å²) in [5, 5.41) is 9.14. The lowest BCUT2D eigenvalue weighted by Gasteiger charge is -2.39. The fourth-order valence-corrected chi connectivity index (χ4v) is 2.02. The molecule has 0 bridgehead atoms. The Kier molecular flexibility index (Phi) is 2.05. The number of β-lactam (4-membered cyclic amide) rings is 1. The summed E-state index contributed by atoms with van der Waals surface area (Å²) in [7, 11) is 0. The monoisotopic (exact) mass is 225 g/mol. The SMILES string of the molecule is CC1C(=O)N2C(C(=O)O)=C(C(C)(C)C)OC12. The largest absolute Gasteiger partial charge is 0.476 e. The molecule has 5 heteroatoms. The standard InChI is InChI=1S/C11H15NO4/c1-5-8(13)12-6(10(14)15)7(11(2,3)4)16-9(5)12/h5,9H,1-4H3,(H,14,15). The zero-order valence-corrected chi connectivity index (χ0v) is 9.77. The summed E-state index contributed by atoms with van der Waals surface area (Å²) in [6.07, 6.45) is -0.423. The molecular formula is C11H15NO4. The van der Waals surface area contributed by atoms with Gasteiger partial charge in [0.05, 0.1) is 5.92 Å². The van der Waals surface area contributed by atoms with E-state index in [2.05, 4.69) is 0 Å². The molecule has 2 aliphatic heterocycles. The number of allylic oxidation sites excluding steroid dienone is 1. The Bertz CT molecular complexity index is 405. The second kappa shape index (κ2) is 2.99. The van der Waals surface area contributed by atoms with E-state index in [1.54, 1.807) is 6.92 Å². The van der Waals surface area contributed by atoms with Crippen LogP contribution in [0.5, 0.6) is 0 Å². The van der Waals surface area contributed by atoms with Gasteiger partial charge in [0.15, 0.2) is 11.9 Å². The molecule has 0 aromatic heterocycles. The van der Waals surface area contributed by atoms with Crippen molar-refractivity contribution in [3.05, 3.63) is 11.5 Å². The summed E-state index contributed by atoms with van der Waals surface area (Å²) in [5.41, 5.74) is -0.411. The number of nitrogens with zero attached hydrogens (tertiary/aromatic N) is 1. The van der Waals surface area contributed by atoms with Crippen molar-refractivity contribution in [3.63, 3.8) is 0 Å². The van der Waals surface area contributed by atoms with Gasteiger partial charge in [-0.1, -0.05) is 20.8 Å². The lowest BCUT2D eigenvalue weighted by atomic mass is 9.92. The third-order valence-electron chi connectivity index (χ3n) is 2.89. The normalized spacial score (nSPS) is 28.8. The van der Waals surface area contributed by atoms with Gasteiger partial charge < -0.3 is 9.84 Å². The molecule has 0 aromatic rings. The van der Waals surface area contributed by atoms with Crippen molar-refractivity contribution in [2.75, 3.05) is 0 Å². The van der Waals surface area contributed by atoms with Crippen molar-refractivity contribution < 1.29 is 19.4 Å². The molecule has 0 spiro atoms. The van der Waals surface area contributed by atoms with E-state index in [4.69, 9.17) is 9.84 Å². The van der Waals surface area contributed by atoms with Crippen LogP contribution in [-0.4, -0.2) is 28.1 Å². The maximum absolute atomic E-state index is 11.6. The van der Waals surface area contributed by atoms with Gasteiger partial charge in [-0.15, -0.1) is 0 Å². The number of fused-ring (bicyclic) bond motifs is 1. The first-order valence-corrected chi connectivity index (χ1v) is 5.23. The van der Waals surface area contributed by atoms with Crippen molar-refractivity contribution in [2.24, 2.45) is 11.3 Å². The summed E-state index contributed by atoms with van der Waals surface area (Å²) in [6.45, 7) is 7.35. The first-order chi connectivity index (χ1) is 7.25. The third-order valence-corrected chi connectivity index (χ3v) is 2.89. The minimum absolute atomic E-state index is 0.000556. The molecule has 2 atom stereocenters. The number of rotatable bonds is 1. The minimum Gasteiger partial charge on any atom is -0.476 e. The molecule has 2 rings (SSSR count). The van der Waals surface area contributed by atoms with Crippen LogP contribution in [0.3, 0.4) is 0 Å². The van der Waals surface area contributed by atoms with Crippen molar-refractivity contribution in [3.8, 4) is 0 Å². The Labute approximate surface area is 93.7 Å². The summed E-state index contributed by atoms with van der Waals surface area (Å²) >= 11 is 0. The quantitative estimate of drug-likeness (QED) is 0.680. The number of hydrogen-bond donors (Lipinski definition) is 1. The van der Waals surface area contributed by atoms with Crippen LogP contribution in [0.1, 0.15) is 27.7 Å². The predicted molar refractivity (Wildman–Crippen MR) is 55.0 cm³/mol. The van der Waals surface area contributed by atoms with Gasteiger partial charge in [0, 0.05) is 5.41 Å². The van der Waals surface area contributed by atoms with Crippen molar-refractivity contribution in [1.82, 2.24) is 4.90 Å². The van der Waals surface area contributed by atoms with E-state index in [0.29, 0.717) is 5.76 Å². The Morgan fingerprint density at radius 2 is 2.00 bits per heavy atom. The van der Waals surface area contributed by atoms with Crippen LogP contribution in [0.2, 0.25) is 0 Å². The molecule has 0 aliphatic carbocycles. The molecule has 2 aliphatic rings. The molecule has 1 fully saturated rings.